The minimum absolute atomic E-state index is 0.116. The summed E-state index contributed by atoms with van der Waals surface area (Å²) in [6.45, 7) is 6.30. The van der Waals surface area contributed by atoms with Gasteiger partial charge in [-0.3, -0.25) is 9.59 Å². The molecule has 0 radical (unpaired) electrons. The van der Waals surface area contributed by atoms with Crippen molar-refractivity contribution in [1.29, 1.82) is 0 Å². The molecule has 0 aliphatic heterocycles. The van der Waals surface area contributed by atoms with E-state index in [0.29, 0.717) is 38.8 Å². The Balaban J connectivity index is 1.65. The Kier molecular flexibility index (Phi) is 8.17. The van der Waals surface area contributed by atoms with Gasteiger partial charge in [-0.1, -0.05) is 59.2 Å². The first-order chi connectivity index (χ1) is 15.3. The van der Waals surface area contributed by atoms with Crippen molar-refractivity contribution in [1.82, 2.24) is 20.1 Å². The second-order valence-electron chi connectivity index (χ2n) is 7.03. The number of aromatic nitrogens is 3. The number of amides is 2. The molecule has 0 aliphatic carbocycles. The molecule has 1 atom stereocenters. The van der Waals surface area contributed by atoms with Crippen molar-refractivity contribution in [3.8, 4) is 0 Å². The molecule has 0 fully saturated rings. The number of benzene rings is 2. The molecule has 0 bridgehead atoms. The van der Waals surface area contributed by atoms with E-state index in [4.69, 9.17) is 23.2 Å². The van der Waals surface area contributed by atoms with Gasteiger partial charge in [-0.05, 0) is 44.5 Å². The van der Waals surface area contributed by atoms with Crippen molar-refractivity contribution in [2.45, 2.75) is 38.5 Å². The highest BCUT2D eigenvalue weighted by Gasteiger charge is 2.21. The first-order valence-electron chi connectivity index (χ1n) is 9.98. The average molecular weight is 492 g/mol. The second kappa shape index (κ2) is 10.8. The van der Waals surface area contributed by atoms with Crippen molar-refractivity contribution >= 4 is 52.5 Å². The van der Waals surface area contributed by atoms with Crippen LogP contribution in [0.25, 0.3) is 0 Å². The molecule has 0 saturated heterocycles. The lowest BCUT2D eigenvalue weighted by Gasteiger charge is -2.16. The standard InChI is InChI=1S/C22H23Cl2N5O2S/c1-4-29-20(14(3)25-21(31)15-9-6-5-8-13(15)2)27-28-22(29)32-12-18(30)26-17-11-7-10-16(23)19(17)24/h5-11,14H,4,12H2,1-3H3,(H,25,31)(H,26,30)/t14-/m1/s1. The van der Waals surface area contributed by atoms with Crippen LogP contribution in [0.5, 0.6) is 0 Å². The van der Waals surface area contributed by atoms with E-state index in [1.54, 1.807) is 24.3 Å². The van der Waals surface area contributed by atoms with Crippen LogP contribution in [0, 0.1) is 6.92 Å². The Labute approximate surface area is 200 Å². The van der Waals surface area contributed by atoms with E-state index in [1.807, 2.05) is 43.5 Å². The van der Waals surface area contributed by atoms with Crippen LogP contribution in [0.3, 0.4) is 0 Å². The molecule has 2 N–H and O–H groups in total. The van der Waals surface area contributed by atoms with Crippen molar-refractivity contribution < 1.29 is 9.59 Å². The fourth-order valence-electron chi connectivity index (χ4n) is 3.11. The van der Waals surface area contributed by atoms with Crippen LogP contribution in [-0.2, 0) is 11.3 Å². The minimum atomic E-state index is -0.358. The summed E-state index contributed by atoms with van der Waals surface area (Å²) in [4.78, 5) is 25.0. The Morgan fingerprint density at radius 1 is 1.12 bits per heavy atom. The molecule has 0 aliphatic rings. The van der Waals surface area contributed by atoms with E-state index < -0.39 is 0 Å². The zero-order valence-electron chi connectivity index (χ0n) is 17.9. The number of carbonyl (C=O) groups excluding carboxylic acids is 2. The summed E-state index contributed by atoms with van der Waals surface area (Å²) in [6, 6.07) is 12.1. The normalized spacial score (nSPS) is 11.8. The predicted octanol–water partition coefficient (Wildman–Crippen LogP) is 5.14. The summed E-state index contributed by atoms with van der Waals surface area (Å²) in [6.07, 6.45) is 0. The number of halogens is 2. The van der Waals surface area contributed by atoms with Crippen LogP contribution in [0.4, 0.5) is 5.69 Å². The minimum Gasteiger partial charge on any atom is -0.342 e. The van der Waals surface area contributed by atoms with E-state index >= 15 is 0 Å². The highest BCUT2D eigenvalue weighted by molar-refractivity contribution is 7.99. The maximum atomic E-state index is 12.6. The maximum Gasteiger partial charge on any atom is 0.252 e. The largest absolute Gasteiger partial charge is 0.342 e. The topological polar surface area (TPSA) is 88.9 Å². The molecule has 3 aromatic rings. The van der Waals surface area contributed by atoms with Crippen molar-refractivity contribution in [3.05, 3.63) is 69.5 Å². The summed E-state index contributed by atoms with van der Waals surface area (Å²) < 4.78 is 1.88. The van der Waals surface area contributed by atoms with E-state index in [-0.39, 0.29) is 23.6 Å². The molecule has 1 heterocycles. The SMILES string of the molecule is CCn1c(SCC(=O)Nc2cccc(Cl)c2Cl)nnc1[C@@H](C)NC(=O)c1ccccc1C. The highest BCUT2D eigenvalue weighted by atomic mass is 35.5. The van der Waals surface area contributed by atoms with Crippen LogP contribution in [0.15, 0.2) is 47.6 Å². The van der Waals surface area contributed by atoms with Gasteiger partial charge >= 0.3 is 0 Å². The van der Waals surface area contributed by atoms with Crippen LogP contribution < -0.4 is 10.6 Å². The molecule has 32 heavy (non-hydrogen) atoms. The smallest absolute Gasteiger partial charge is 0.252 e. The Morgan fingerprint density at radius 2 is 1.88 bits per heavy atom. The van der Waals surface area contributed by atoms with Gasteiger partial charge in [-0.25, -0.2) is 0 Å². The van der Waals surface area contributed by atoms with Crippen molar-refractivity contribution in [2.75, 3.05) is 11.1 Å². The molecule has 2 aromatic carbocycles. The number of hydrogen-bond donors (Lipinski definition) is 2. The van der Waals surface area contributed by atoms with Crippen LogP contribution in [-0.4, -0.2) is 32.3 Å². The third-order valence-electron chi connectivity index (χ3n) is 4.74. The lowest BCUT2D eigenvalue weighted by atomic mass is 10.1. The first kappa shape index (κ1) is 24.1. The van der Waals surface area contributed by atoms with E-state index in [1.165, 1.54) is 11.8 Å². The molecule has 0 spiro atoms. The molecule has 0 unspecified atom stereocenters. The number of aryl methyl sites for hydroxylation is 1. The molecule has 2 amide bonds. The molecule has 0 saturated carbocycles. The molecule has 1 aromatic heterocycles. The van der Waals surface area contributed by atoms with Crippen LogP contribution in [0.2, 0.25) is 10.0 Å². The first-order valence-corrected chi connectivity index (χ1v) is 11.7. The Hall–Kier alpha value is -2.55. The molecular weight excluding hydrogens is 469 g/mol. The number of nitrogens with zero attached hydrogens (tertiary/aromatic N) is 3. The van der Waals surface area contributed by atoms with Gasteiger partial charge in [0, 0.05) is 12.1 Å². The third-order valence-corrected chi connectivity index (χ3v) is 6.53. The molecule has 7 nitrogen and oxygen atoms in total. The molecule has 10 heteroatoms. The lowest BCUT2D eigenvalue weighted by Crippen LogP contribution is -2.29. The molecule has 3 rings (SSSR count). The van der Waals surface area contributed by atoms with Crippen LogP contribution in [0.1, 0.15) is 41.6 Å². The zero-order valence-corrected chi connectivity index (χ0v) is 20.2. The van der Waals surface area contributed by atoms with Gasteiger partial charge in [0.15, 0.2) is 11.0 Å². The molecular formula is C22H23Cl2N5O2S. The monoisotopic (exact) mass is 491 g/mol. The number of thioether (sulfide) groups is 1. The van der Waals surface area contributed by atoms with E-state index in [2.05, 4.69) is 20.8 Å². The number of rotatable bonds is 8. The van der Waals surface area contributed by atoms with Gasteiger partial charge in [-0.15, -0.1) is 10.2 Å². The number of hydrogen-bond acceptors (Lipinski definition) is 5. The number of anilines is 1. The predicted molar refractivity (Wildman–Crippen MR) is 129 cm³/mol. The van der Waals surface area contributed by atoms with Gasteiger partial charge in [0.25, 0.3) is 5.91 Å². The maximum absolute atomic E-state index is 12.6. The summed E-state index contributed by atoms with van der Waals surface area (Å²) in [7, 11) is 0. The van der Waals surface area contributed by atoms with Gasteiger partial charge in [0.05, 0.1) is 27.5 Å². The second-order valence-corrected chi connectivity index (χ2v) is 8.76. The van der Waals surface area contributed by atoms with Crippen molar-refractivity contribution in [3.63, 3.8) is 0 Å². The lowest BCUT2D eigenvalue weighted by molar-refractivity contribution is -0.113. The Bertz CT molecular complexity index is 1140. The molecule has 168 valence electrons. The average Bonchev–Trinajstić information content (AvgIpc) is 3.19. The van der Waals surface area contributed by atoms with Crippen LogP contribution >= 0.6 is 35.0 Å². The highest BCUT2D eigenvalue weighted by Crippen LogP contribution is 2.30. The van der Waals surface area contributed by atoms with E-state index in [9.17, 15) is 9.59 Å². The number of carbonyl (C=O) groups is 2. The summed E-state index contributed by atoms with van der Waals surface area (Å²) in [5.41, 5.74) is 1.97. The quantitative estimate of drug-likeness (QED) is 0.426. The fraction of sp³-hybridized carbons (Fsp3) is 0.273. The third kappa shape index (κ3) is 5.62. The van der Waals surface area contributed by atoms with E-state index in [0.717, 1.165) is 5.56 Å². The summed E-state index contributed by atoms with van der Waals surface area (Å²) >= 11 is 13.4. The fourth-order valence-corrected chi connectivity index (χ4v) is 4.26. The Morgan fingerprint density at radius 3 is 2.59 bits per heavy atom. The van der Waals surface area contributed by atoms with Gasteiger partial charge < -0.3 is 15.2 Å². The number of nitrogens with one attached hydrogen (secondary N) is 2. The zero-order chi connectivity index (χ0) is 23.3. The van der Waals surface area contributed by atoms with Gasteiger partial charge in [0.2, 0.25) is 5.91 Å². The summed E-state index contributed by atoms with van der Waals surface area (Å²) in [5.74, 6) is 0.320. The summed E-state index contributed by atoms with van der Waals surface area (Å²) in [5, 5.41) is 15.4. The van der Waals surface area contributed by atoms with Crippen molar-refractivity contribution in [2.24, 2.45) is 0 Å². The van der Waals surface area contributed by atoms with Gasteiger partial charge in [0.1, 0.15) is 0 Å². The van der Waals surface area contributed by atoms with Gasteiger partial charge in [-0.2, -0.15) is 0 Å².